The largest absolute Gasteiger partial charge is 0.0832 e. The van der Waals surface area contributed by atoms with E-state index < -0.39 is 0 Å². The quantitative estimate of drug-likeness (QED) is 0.622. The first-order chi connectivity index (χ1) is 9.42. The van der Waals surface area contributed by atoms with Crippen molar-refractivity contribution in [2.45, 2.75) is 12.8 Å². The van der Waals surface area contributed by atoms with E-state index >= 15 is 0 Å². The fourth-order valence-corrected chi connectivity index (χ4v) is 5.09. The van der Waals surface area contributed by atoms with Gasteiger partial charge in [0.1, 0.15) is 0 Å². The van der Waals surface area contributed by atoms with Gasteiger partial charge in [-0.2, -0.15) is 0 Å². The Labute approximate surface area is 116 Å². The van der Waals surface area contributed by atoms with Crippen LogP contribution in [0.3, 0.4) is 0 Å². The first kappa shape index (κ1) is 11.0. The summed E-state index contributed by atoms with van der Waals surface area (Å²) in [6.07, 6.45) is 9.13. The molecule has 2 aliphatic carbocycles. The van der Waals surface area contributed by atoms with Gasteiger partial charge >= 0.3 is 0 Å². The average molecular weight is 260 g/mol. The standard InChI is InChI=1S/C18H16Si/c1-4-9-15-13(6-1)12-17-16(15)10-5-11-18(17)19-14-7-2-3-8-14/h1-7,9-11H,8,12,19H2. The third-order valence-corrected chi connectivity index (χ3v) is 6.24. The van der Waals surface area contributed by atoms with Crippen LogP contribution in [0.15, 0.2) is 65.9 Å². The molecule has 0 radical (unpaired) electrons. The lowest BCUT2D eigenvalue weighted by Gasteiger charge is -2.08. The molecule has 0 aliphatic heterocycles. The van der Waals surface area contributed by atoms with Crippen LogP contribution in [0.5, 0.6) is 0 Å². The van der Waals surface area contributed by atoms with Crippen molar-refractivity contribution in [3.63, 3.8) is 0 Å². The minimum Gasteiger partial charge on any atom is -0.0809 e. The number of rotatable bonds is 2. The summed E-state index contributed by atoms with van der Waals surface area (Å²) in [5.41, 5.74) is 6.03. The first-order valence-electron chi connectivity index (χ1n) is 6.95. The Balaban J connectivity index is 1.76. The number of hydrogen-bond donors (Lipinski definition) is 0. The van der Waals surface area contributed by atoms with Crippen molar-refractivity contribution in [2.24, 2.45) is 0 Å². The third-order valence-electron chi connectivity index (χ3n) is 4.21. The van der Waals surface area contributed by atoms with Crippen molar-refractivity contribution in [1.29, 1.82) is 0 Å². The lowest BCUT2D eigenvalue weighted by atomic mass is 10.1. The zero-order chi connectivity index (χ0) is 12.7. The van der Waals surface area contributed by atoms with E-state index in [0.29, 0.717) is 0 Å². The fraction of sp³-hybridized carbons (Fsp3) is 0.111. The predicted molar refractivity (Wildman–Crippen MR) is 84.7 cm³/mol. The highest BCUT2D eigenvalue weighted by Crippen LogP contribution is 2.35. The summed E-state index contributed by atoms with van der Waals surface area (Å²) in [4.78, 5) is 0. The number of benzene rings is 2. The molecule has 92 valence electrons. The van der Waals surface area contributed by atoms with E-state index in [1.165, 1.54) is 23.1 Å². The molecule has 1 heteroatoms. The van der Waals surface area contributed by atoms with E-state index in [1.54, 1.807) is 15.9 Å². The maximum atomic E-state index is 2.36. The van der Waals surface area contributed by atoms with Crippen molar-refractivity contribution < 1.29 is 0 Å². The molecule has 0 saturated carbocycles. The van der Waals surface area contributed by atoms with Crippen LogP contribution in [0, 0.1) is 0 Å². The molecule has 0 N–H and O–H groups in total. The van der Waals surface area contributed by atoms with E-state index in [4.69, 9.17) is 0 Å². The molecule has 0 amide bonds. The van der Waals surface area contributed by atoms with Crippen molar-refractivity contribution in [3.05, 3.63) is 77.0 Å². The van der Waals surface area contributed by atoms with E-state index in [2.05, 4.69) is 60.7 Å². The van der Waals surface area contributed by atoms with Gasteiger partial charge in [-0.3, -0.25) is 0 Å². The molecule has 0 unspecified atom stereocenters. The Kier molecular flexibility index (Phi) is 2.52. The molecule has 2 aliphatic rings. The first-order valence-corrected chi connectivity index (χ1v) is 8.37. The molecule has 0 heterocycles. The van der Waals surface area contributed by atoms with Crippen molar-refractivity contribution >= 4 is 14.7 Å². The Bertz CT molecular complexity index is 707. The molecule has 4 rings (SSSR count). The maximum absolute atomic E-state index is 2.36. The van der Waals surface area contributed by atoms with Gasteiger partial charge in [0.2, 0.25) is 0 Å². The van der Waals surface area contributed by atoms with E-state index in [0.717, 1.165) is 6.42 Å². The van der Waals surface area contributed by atoms with E-state index in [1.807, 2.05) is 0 Å². The summed E-state index contributed by atoms with van der Waals surface area (Å²) in [5, 5.41) is 3.31. The molecule has 0 spiro atoms. The molecule has 19 heavy (non-hydrogen) atoms. The molecule has 0 fully saturated rings. The van der Waals surface area contributed by atoms with Gasteiger partial charge in [0.15, 0.2) is 0 Å². The SMILES string of the molecule is C1=CCC([SiH2]c2cccc3c2Cc2ccccc2-3)=C1. The van der Waals surface area contributed by atoms with Gasteiger partial charge in [0, 0.05) is 0 Å². The van der Waals surface area contributed by atoms with Crippen LogP contribution in [0.25, 0.3) is 11.1 Å². The predicted octanol–water partition coefficient (Wildman–Crippen LogP) is 2.90. The molecule has 0 saturated heterocycles. The summed E-state index contributed by atoms with van der Waals surface area (Å²) in [7, 11) is -0.273. The van der Waals surface area contributed by atoms with Crippen LogP contribution in [-0.4, -0.2) is 9.52 Å². The second-order valence-corrected chi connectivity index (χ2v) is 7.43. The highest BCUT2D eigenvalue weighted by atomic mass is 28.2. The summed E-state index contributed by atoms with van der Waals surface area (Å²) >= 11 is 0. The van der Waals surface area contributed by atoms with E-state index in [9.17, 15) is 0 Å². The van der Waals surface area contributed by atoms with Crippen LogP contribution < -0.4 is 5.19 Å². The summed E-state index contributed by atoms with van der Waals surface area (Å²) in [5.74, 6) is 0. The summed E-state index contributed by atoms with van der Waals surface area (Å²) in [6.45, 7) is 0. The van der Waals surface area contributed by atoms with Crippen molar-refractivity contribution in [3.8, 4) is 11.1 Å². The van der Waals surface area contributed by atoms with Gasteiger partial charge in [-0.15, -0.1) is 0 Å². The minimum atomic E-state index is -0.273. The Morgan fingerprint density at radius 3 is 2.68 bits per heavy atom. The topological polar surface area (TPSA) is 0 Å². The highest BCUT2D eigenvalue weighted by Gasteiger charge is 2.20. The van der Waals surface area contributed by atoms with Crippen LogP contribution in [0.4, 0.5) is 0 Å². The van der Waals surface area contributed by atoms with Crippen molar-refractivity contribution in [1.82, 2.24) is 0 Å². The van der Waals surface area contributed by atoms with Crippen LogP contribution in [0.1, 0.15) is 17.5 Å². The molecular weight excluding hydrogens is 244 g/mol. The van der Waals surface area contributed by atoms with E-state index in [-0.39, 0.29) is 9.52 Å². The number of allylic oxidation sites excluding steroid dienone is 4. The normalized spacial score (nSPS) is 15.9. The zero-order valence-electron chi connectivity index (χ0n) is 10.9. The average Bonchev–Trinajstić information content (AvgIpc) is 3.06. The second-order valence-electron chi connectivity index (χ2n) is 5.41. The molecule has 0 bridgehead atoms. The maximum Gasteiger partial charge on any atom is 0.0832 e. The number of fused-ring (bicyclic) bond motifs is 3. The Hall–Kier alpha value is -1.86. The van der Waals surface area contributed by atoms with Gasteiger partial charge in [0.25, 0.3) is 0 Å². The molecular formula is C18H16Si. The smallest absolute Gasteiger partial charge is 0.0809 e. The molecule has 0 atom stereocenters. The van der Waals surface area contributed by atoms with Gasteiger partial charge < -0.3 is 0 Å². The van der Waals surface area contributed by atoms with Crippen LogP contribution in [-0.2, 0) is 6.42 Å². The Morgan fingerprint density at radius 2 is 1.79 bits per heavy atom. The molecule has 0 nitrogen and oxygen atoms in total. The van der Waals surface area contributed by atoms with Gasteiger partial charge in [0.05, 0.1) is 9.52 Å². The molecule has 2 aromatic carbocycles. The van der Waals surface area contributed by atoms with Gasteiger partial charge in [-0.1, -0.05) is 71.1 Å². The third kappa shape index (κ3) is 1.82. The monoisotopic (exact) mass is 260 g/mol. The van der Waals surface area contributed by atoms with Gasteiger partial charge in [-0.25, -0.2) is 0 Å². The van der Waals surface area contributed by atoms with Crippen LogP contribution >= 0.6 is 0 Å². The molecule has 2 aromatic rings. The lowest BCUT2D eigenvalue weighted by molar-refractivity contribution is 1.28. The number of hydrogen-bond acceptors (Lipinski definition) is 0. The zero-order valence-corrected chi connectivity index (χ0v) is 12.3. The highest BCUT2D eigenvalue weighted by molar-refractivity contribution is 6.62. The summed E-state index contributed by atoms with van der Waals surface area (Å²) in [6, 6.07) is 15.7. The lowest BCUT2D eigenvalue weighted by Crippen LogP contribution is -2.20. The summed E-state index contributed by atoms with van der Waals surface area (Å²) < 4.78 is 0. The van der Waals surface area contributed by atoms with Crippen molar-refractivity contribution in [2.75, 3.05) is 0 Å². The van der Waals surface area contributed by atoms with Gasteiger partial charge in [-0.05, 0) is 35.1 Å². The van der Waals surface area contributed by atoms with Crippen LogP contribution in [0.2, 0.25) is 0 Å². The minimum absolute atomic E-state index is 0.273. The molecule has 0 aromatic heterocycles. The second kappa shape index (κ2) is 4.36. The Morgan fingerprint density at radius 1 is 0.895 bits per heavy atom. The fourth-order valence-electron chi connectivity index (χ4n) is 3.26.